The molecule has 3 aromatic rings. The molecule has 0 fully saturated rings. The Labute approximate surface area is 191 Å². The van der Waals surface area contributed by atoms with Gasteiger partial charge in [-0.15, -0.1) is 0 Å². The molecule has 0 bridgehead atoms. The Morgan fingerprint density at radius 2 is 1.57 bits per heavy atom. The van der Waals surface area contributed by atoms with Crippen LogP contribution in [0.3, 0.4) is 0 Å². The second-order valence-corrected chi connectivity index (χ2v) is 6.93. The van der Waals surface area contributed by atoms with Gasteiger partial charge >= 0.3 is 19.5 Å². The van der Waals surface area contributed by atoms with Gasteiger partial charge in [0.1, 0.15) is 11.5 Å². The van der Waals surface area contributed by atoms with Crippen molar-refractivity contribution in [2.45, 2.75) is 39.4 Å². The minimum atomic E-state index is 0. The molecule has 0 aliphatic heterocycles. The summed E-state index contributed by atoms with van der Waals surface area (Å²) < 4.78 is 5.77. The summed E-state index contributed by atoms with van der Waals surface area (Å²) in [6.45, 7) is 4.50. The number of hydrogen-bond donors (Lipinski definition) is 0. The zero-order chi connectivity index (χ0) is 20.3. The smallest absolute Gasteiger partial charge is 0.493 e. The number of nitrogens with zero attached hydrogens (tertiary/aromatic N) is 3. The van der Waals surface area contributed by atoms with Crippen molar-refractivity contribution in [2.75, 3.05) is 6.61 Å². The van der Waals surface area contributed by atoms with Crippen molar-refractivity contribution >= 4 is 5.78 Å². The van der Waals surface area contributed by atoms with Crippen LogP contribution in [0.1, 0.15) is 36.7 Å². The summed E-state index contributed by atoms with van der Waals surface area (Å²) in [4.78, 5) is 22.7. The summed E-state index contributed by atoms with van der Waals surface area (Å²) in [7, 11) is 0. The monoisotopic (exact) mass is 453 g/mol. The predicted molar refractivity (Wildman–Crippen MR) is 113 cm³/mol. The van der Waals surface area contributed by atoms with Crippen LogP contribution in [0.15, 0.2) is 73.1 Å². The van der Waals surface area contributed by atoms with Gasteiger partial charge in [0.2, 0.25) is 0 Å². The van der Waals surface area contributed by atoms with E-state index in [1.54, 1.807) is 0 Å². The SMILES string of the molecule is CCC(=O)CCOc1cccc(CN(Cc2ccccn2)Cc2ccccn2)c1.[Zn+2]. The first kappa shape index (κ1) is 23.8. The van der Waals surface area contributed by atoms with Crippen LogP contribution in [0, 0.1) is 0 Å². The fourth-order valence-corrected chi connectivity index (χ4v) is 3.06. The summed E-state index contributed by atoms with van der Waals surface area (Å²) in [5, 5.41) is 0. The first-order valence-electron chi connectivity index (χ1n) is 9.98. The average Bonchev–Trinajstić information content (AvgIpc) is 2.75. The number of benzene rings is 1. The quantitative estimate of drug-likeness (QED) is 0.401. The molecule has 30 heavy (non-hydrogen) atoms. The van der Waals surface area contributed by atoms with Crippen LogP contribution in [-0.2, 0) is 43.9 Å². The zero-order valence-corrected chi connectivity index (χ0v) is 20.5. The Morgan fingerprint density at radius 3 is 2.13 bits per heavy atom. The molecule has 0 spiro atoms. The van der Waals surface area contributed by atoms with E-state index < -0.39 is 0 Å². The summed E-state index contributed by atoms with van der Waals surface area (Å²) in [5.74, 6) is 1.01. The Balaban J connectivity index is 0.00000320. The van der Waals surface area contributed by atoms with Gasteiger partial charge in [0.15, 0.2) is 0 Å². The van der Waals surface area contributed by atoms with Gasteiger partial charge < -0.3 is 4.74 Å². The van der Waals surface area contributed by atoms with Gasteiger partial charge in [-0.25, -0.2) is 0 Å². The summed E-state index contributed by atoms with van der Waals surface area (Å²) >= 11 is 0. The van der Waals surface area contributed by atoms with Crippen LogP contribution in [0.25, 0.3) is 0 Å². The summed E-state index contributed by atoms with van der Waals surface area (Å²) in [6, 6.07) is 20.0. The predicted octanol–water partition coefficient (Wildman–Crippen LogP) is 4.42. The Bertz CT molecular complexity index is 850. The summed E-state index contributed by atoms with van der Waals surface area (Å²) in [5.41, 5.74) is 3.19. The third kappa shape index (κ3) is 8.13. The van der Waals surface area contributed by atoms with Gasteiger partial charge in [0.05, 0.1) is 18.0 Å². The van der Waals surface area contributed by atoms with E-state index in [4.69, 9.17) is 4.74 Å². The number of aromatic nitrogens is 2. The fourth-order valence-electron chi connectivity index (χ4n) is 3.06. The molecule has 0 atom stereocenters. The van der Waals surface area contributed by atoms with Crippen LogP contribution in [0.2, 0.25) is 0 Å². The van der Waals surface area contributed by atoms with Crippen LogP contribution < -0.4 is 4.74 Å². The molecule has 0 unspecified atom stereocenters. The van der Waals surface area contributed by atoms with Gasteiger partial charge in [-0.3, -0.25) is 19.7 Å². The molecule has 2 aromatic heterocycles. The standard InChI is InChI=1S/C24H27N3O2.Zn/c1-2-23(28)12-15-29-24-11-7-8-20(16-24)17-27(18-21-9-3-5-13-25-21)19-22-10-4-6-14-26-22;/h3-11,13-14,16H,2,12,15,17-19H2,1H3;/q;+2. The van der Waals surface area contributed by atoms with E-state index in [0.717, 1.165) is 42.3 Å². The molecule has 1 aromatic carbocycles. The van der Waals surface area contributed by atoms with Gasteiger partial charge in [-0.1, -0.05) is 31.2 Å². The van der Waals surface area contributed by atoms with E-state index in [0.29, 0.717) is 19.4 Å². The minimum absolute atomic E-state index is 0. The number of Topliss-reactive ketones (excluding diaryl/α,β-unsaturated/α-hetero) is 1. The van der Waals surface area contributed by atoms with Crippen LogP contribution in [-0.4, -0.2) is 27.3 Å². The fraction of sp³-hybridized carbons (Fsp3) is 0.292. The van der Waals surface area contributed by atoms with Crippen molar-refractivity contribution in [3.05, 3.63) is 90.0 Å². The molecule has 0 amide bonds. The third-order valence-corrected chi connectivity index (χ3v) is 4.57. The van der Waals surface area contributed by atoms with Gasteiger partial charge in [0.25, 0.3) is 0 Å². The van der Waals surface area contributed by atoms with Crippen molar-refractivity contribution in [3.8, 4) is 5.75 Å². The number of ether oxygens (including phenoxy) is 1. The van der Waals surface area contributed by atoms with E-state index in [9.17, 15) is 4.79 Å². The number of carbonyl (C=O) groups excluding carboxylic acids is 1. The zero-order valence-electron chi connectivity index (χ0n) is 17.5. The van der Waals surface area contributed by atoms with Gasteiger partial charge in [-0.05, 0) is 42.0 Å². The number of rotatable bonds is 11. The second-order valence-electron chi connectivity index (χ2n) is 6.93. The molecule has 5 nitrogen and oxygen atoms in total. The molecule has 0 saturated heterocycles. The molecule has 150 valence electrons. The number of hydrogen-bond acceptors (Lipinski definition) is 5. The molecule has 0 saturated carbocycles. The minimum Gasteiger partial charge on any atom is -0.493 e. The summed E-state index contributed by atoms with van der Waals surface area (Å²) in [6.07, 6.45) is 4.65. The molecule has 0 aliphatic rings. The maximum Gasteiger partial charge on any atom is 2.00 e. The molecule has 0 N–H and O–H groups in total. The van der Waals surface area contributed by atoms with Crippen molar-refractivity contribution in [1.82, 2.24) is 14.9 Å². The molecule has 2 heterocycles. The number of pyridine rings is 2. The first-order chi connectivity index (χ1) is 14.2. The topological polar surface area (TPSA) is 55.3 Å². The second kappa shape index (κ2) is 13.0. The van der Waals surface area contributed by atoms with Crippen molar-refractivity contribution in [1.29, 1.82) is 0 Å². The van der Waals surface area contributed by atoms with Crippen molar-refractivity contribution < 1.29 is 29.0 Å². The van der Waals surface area contributed by atoms with E-state index in [1.807, 2.05) is 73.9 Å². The molecule has 0 radical (unpaired) electrons. The van der Waals surface area contributed by atoms with Crippen LogP contribution in [0.5, 0.6) is 5.75 Å². The average molecular weight is 455 g/mol. The maximum absolute atomic E-state index is 11.5. The maximum atomic E-state index is 11.5. The Morgan fingerprint density at radius 1 is 0.900 bits per heavy atom. The molecule has 0 aliphatic carbocycles. The van der Waals surface area contributed by atoms with Crippen LogP contribution >= 0.6 is 0 Å². The Hall–Kier alpha value is -2.43. The number of ketones is 1. The largest absolute Gasteiger partial charge is 2.00 e. The number of carbonyl (C=O) groups is 1. The van der Waals surface area contributed by atoms with Crippen LogP contribution in [0.4, 0.5) is 0 Å². The van der Waals surface area contributed by atoms with E-state index in [2.05, 4.69) is 20.9 Å². The van der Waals surface area contributed by atoms with Gasteiger partial charge in [-0.2, -0.15) is 0 Å². The Kier molecular flexibility index (Phi) is 10.3. The first-order valence-corrected chi connectivity index (χ1v) is 9.98. The van der Waals surface area contributed by atoms with Crippen molar-refractivity contribution in [3.63, 3.8) is 0 Å². The van der Waals surface area contributed by atoms with Crippen molar-refractivity contribution in [2.24, 2.45) is 0 Å². The molecule has 6 heteroatoms. The molecular formula is C24H27N3O2Zn+2. The van der Waals surface area contributed by atoms with Gasteiger partial charge in [0, 0.05) is 44.9 Å². The molecule has 3 rings (SSSR count). The normalized spacial score (nSPS) is 10.5. The molecular weight excluding hydrogens is 428 g/mol. The van der Waals surface area contributed by atoms with E-state index in [-0.39, 0.29) is 25.3 Å². The van der Waals surface area contributed by atoms with E-state index in [1.165, 1.54) is 0 Å². The van der Waals surface area contributed by atoms with E-state index >= 15 is 0 Å². The third-order valence-electron chi connectivity index (χ3n) is 4.57.